The van der Waals surface area contributed by atoms with Crippen LogP contribution in [0.25, 0.3) is 0 Å². The van der Waals surface area contributed by atoms with Crippen molar-refractivity contribution in [2.45, 2.75) is 6.92 Å². The first-order valence-electron chi connectivity index (χ1n) is 4.97. The van der Waals surface area contributed by atoms with Crippen molar-refractivity contribution in [3.05, 3.63) is 28.2 Å². The van der Waals surface area contributed by atoms with Crippen LogP contribution in [0.15, 0.2) is 22.7 Å². The Kier molecular flexibility index (Phi) is 4.96. The third-order valence-electron chi connectivity index (χ3n) is 1.92. The Morgan fingerprint density at radius 3 is 2.76 bits per heavy atom. The molecule has 0 unspecified atom stereocenters. The number of amides is 1. The minimum Gasteiger partial charge on any atom is -0.482 e. The molecule has 1 aromatic rings. The second-order valence-electron chi connectivity index (χ2n) is 3.16. The molecular formula is C11H12BrNO4. The van der Waals surface area contributed by atoms with E-state index in [0.29, 0.717) is 11.0 Å². The number of carbonyl (C=O) groups excluding carboxylic acids is 1. The molecule has 1 amide bonds. The van der Waals surface area contributed by atoms with E-state index in [1.807, 2.05) is 0 Å². The smallest absolute Gasteiger partial charge is 0.339 e. The van der Waals surface area contributed by atoms with E-state index in [0.717, 1.165) is 0 Å². The van der Waals surface area contributed by atoms with E-state index in [1.165, 1.54) is 6.07 Å². The van der Waals surface area contributed by atoms with E-state index in [1.54, 1.807) is 19.1 Å². The largest absolute Gasteiger partial charge is 0.482 e. The summed E-state index contributed by atoms with van der Waals surface area (Å²) in [6.07, 6.45) is 0. The molecule has 0 atom stereocenters. The fourth-order valence-electron chi connectivity index (χ4n) is 1.21. The first-order valence-corrected chi connectivity index (χ1v) is 5.76. The lowest BCUT2D eigenvalue weighted by Gasteiger charge is -2.10. The van der Waals surface area contributed by atoms with Gasteiger partial charge in [-0.1, -0.05) is 6.07 Å². The molecule has 0 radical (unpaired) electrons. The number of carboxylic acid groups (broad SMARTS) is 1. The third-order valence-corrected chi connectivity index (χ3v) is 2.54. The maximum Gasteiger partial charge on any atom is 0.339 e. The molecular weight excluding hydrogens is 290 g/mol. The number of benzene rings is 1. The van der Waals surface area contributed by atoms with Gasteiger partial charge in [0, 0.05) is 6.54 Å². The lowest BCUT2D eigenvalue weighted by atomic mass is 10.2. The number of carboxylic acids is 1. The minimum absolute atomic E-state index is 0.0173. The lowest BCUT2D eigenvalue weighted by molar-refractivity contribution is -0.123. The molecule has 0 bridgehead atoms. The number of aromatic carboxylic acids is 1. The van der Waals surface area contributed by atoms with Crippen LogP contribution in [0, 0.1) is 0 Å². The maximum absolute atomic E-state index is 11.2. The SMILES string of the molecule is CCNC(=O)COc1c(Br)cccc1C(=O)O. The van der Waals surface area contributed by atoms with Gasteiger partial charge in [0.1, 0.15) is 11.3 Å². The predicted molar refractivity (Wildman–Crippen MR) is 65.3 cm³/mol. The number of hydrogen-bond donors (Lipinski definition) is 2. The van der Waals surface area contributed by atoms with Gasteiger partial charge in [0.2, 0.25) is 0 Å². The molecule has 1 rings (SSSR count). The summed E-state index contributed by atoms with van der Waals surface area (Å²) in [5.41, 5.74) is 0.0173. The van der Waals surface area contributed by atoms with E-state index in [4.69, 9.17) is 9.84 Å². The second-order valence-corrected chi connectivity index (χ2v) is 4.02. The molecule has 0 saturated heterocycles. The summed E-state index contributed by atoms with van der Waals surface area (Å²) in [4.78, 5) is 22.2. The number of para-hydroxylation sites is 1. The van der Waals surface area contributed by atoms with Gasteiger partial charge >= 0.3 is 5.97 Å². The average Bonchev–Trinajstić information content (AvgIpc) is 2.27. The van der Waals surface area contributed by atoms with Crippen LogP contribution >= 0.6 is 15.9 Å². The summed E-state index contributed by atoms with van der Waals surface area (Å²) in [5, 5.41) is 11.5. The van der Waals surface area contributed by atoms with Crippen LogP contribution < -0.4 is 10.1 Å². The van der Waals surface area contributed by atoms with Gasteiger partial charge in [0.25, 0.3) is 5.91 Å². The number of hydrogen-bond acceptors (Lipinski definition) is 3. The van der Waals surface area contributed by atoms with Gasteiger partial charge in [-0.15, -0.1) is 0 Å². The monoisotopic (exact) mass is 301 g/mol. The minimum atomic E-state index is -1.10. The van der Waals surface area contributed by atoms with Crippen molar-refractivity contribution in [3.63, 3.8) is 0 Å². The molecule has 2 N–H and O–H groups in total. The van der Waals surface area contributed by atoms with Crippen LogP contribution in [0.1, 0.15) is 17.3 Å². The van der Waals surface area contributed by atoms with Crippen molar-refractivity contribution >= 4 is 27.8 Å². The maximum atomic E-state index is 11.2. The highest BCUT2D eigenvalue weighted by Gasteiger charge is 2.15. The highest BCUT2D eigenvalue weighted by Crippen LogP contribution is 2.28. The number of halogens is 1. The normalized spacial score (nSPS) is 9.76. The van der Waals surface area contributed by atoms with Gasteiger partial charge in [-0.2, -0.15) is 0 Å². The summed E-state index contributed by atoms with van der Waals surface area (Å²) >= 11 is 3.18. The van der Waals surface area contributed by atoms with Crippen molar-refractivity contribution in [2.24, 2.45) is 0 Å². The van der Waals surface area contributed by atoms with Crippen LogP contribution in [-0.2, 0) is 4.79 Å². The van der Waals surface area contributed by atoms with Gasteiger partial charge in [0.05, 0.1) is 4.47 Å². The third kappa shape index (κ3) is 3.74. The van der Waals surface area contributed by atoms with Crippen molar-refractivity contribution in [1.29, 1.82) is 0 Å². The molecule has 17 heavy (non-hydrogen) atoms. The molecule has 0 heterocycles. The van der Waals surface area contributed by atoms with E-state index in [-0.39, 0.29) is 23.8 Å². The zero-order chi connectivity index (χ0) is 12.8. The molecule has 5 nitrogen and oxygen atoms in total. The topological polar surface area (TPSA) is 75.6 Å². The Morgan fingerprint density at radius 1 is 1.47 bits per heavy atom. The summed E-state index contributed by atoms with van der Waals surface area (Å²) in [6.45, 7) is 2.08. The molecule has 0 aromatic heterocycles. The van der Waals surface area contributed by atoms with Crippen molar-refractivity contribution in [1.82, 2.24) is 5.32 Å². The van der Waals surface area contributed by atoms with Crippen LogP contribution in [0.3, 0.4) is 0 Å². The summed E-state index contributed by atoms with van der Waals surface area (Å²) in [5.74, 6) is -1.23. The fourth-order valence-corrected chi connectivity index (χ4v) is 1.69. The van der Waals surface area contributed by atoms with Gasteiger partial charge in [-0.25, -0.2) is 4.79 Å². The molecule has 0 aliphatic heterocycles. The Balaban J connectivity index is 2.82. The van der Waals surface area contributed by atoms with E-state index >= 15 is 0 Å². The summed E-state index contributed by atoms with van der Waals surface area (Å²) < 4.78 is 5.71. The predicted octanol–water partition coefficient (Wildman–Crippen LogP) is 1.66. The number of likely N-dealkylation sites (N-methyl/N-ethyl adjacent to an activating group) is 1. The Morgan fingerprint density at radius 2 is 2.18 bits per heavy atom. The van der Waals surface area contributed by atoms with Crippen LogP contribution in [0.2, 0.25) is 0 Å². The summed E-state index contributed by atoms with van der Waals surface area (Å²) in [7, 11) is 0. The van der Waals surface area contributed by atoms with Gasteiger partial charge in [0.15, 0.2) is 6.61 Å². The summed E-state index contributed by atoms with van der Waals surface area (Å²) in [6, 6.07) is 4.66. The quantitative estimate of drug-likeness (QED) is 0.867. The van der Waals surface area contributed by atoms with Gasteiger partial charge in [-0.05, 0) is 35.0 Å². The zero-order valence-corrected chi connectivity index (χ0v) is 10.8. The Hall–Kier alpha value is -1.56. The number of rotatable bonds is 5. The number of nitrogens with one attached hydrogen (secondary N) is 1. The highest BCUT2D eigenvalue weighted by molar-refractivity contribution is 9.10. The van der Waals surface area contributed by atoms with Crippen LogP contribution in [-0.4, -0.2) is 30.1 Å². The Bertz CT molecular complexity index is 433. The first kappa shape index (κ1) is 13.5. The van der Waals surface area contributed by atoms with Gasteiger partial charge < -0.3 is 15.2 Å². The average molecular weight is 302 g/mol. The van der Waals surface area contributed by atoms with E-state index in [2.05, 4.69) is 21.2 Å². The molecule has 0 fully saturated rings. The van der Waals surface area contributed by atoms with Crippen molar-refractivity contribution in [3.8, 4) is 5.75 Å². The molecule has 0 aliphatic rings. The molecule has 1 aromatic carbocycles. The zero-order valence-electron chi connectivity index (χ0n) is 9.20. The molecule has 6 heteroatoms. The van der Waals surface area contributed by atoms with E-state index < -0.39 is 5.97 Å². The first-order chi connectivity index (χ1) is 8.06. The standard InChI is InChI=1S/C11H12BrNO4/c1-2-13-9(14)6-17-10-7(11(15)16)4-3-5-8(10)12/h3-5H,2,6H2,1H3,(H,13,14)(H,15,16). The lowest BCUT2D eigenvalue weighted by Crippen LogP contribution is -2.28. The van der Waals surface area contributed by atoms with Crippen molar-refractivity contribution in [2.75, 3.05) is 13.2 Å². The van der Waals surface area contributed by atoms with Crippen LogP contribution in [0.5, 0.6) is 5.75 Å². The van der Waals surface area contributed by atoms with Gasteiger partial charge in [-0.3, -0.25) is 4.79 Å². The highest BCUT2D eigenvalue weighted by atomic mass is 79.9. The van der Waals surface area contributed by atoms with Crippen LogP contribution in [0.4, 0.5) is 0 Å². The Labute approximate surface area is 107 Å². The van der Waals surface area contributed by atoms with E-state index in [9.17, 15) is 9.59 Å². The second kappa shape index (κ2) is 6.24. The fraction of sp³-hybridized carbons (Fsp3) is 0.273. The molecule has 0 spiro atoms. The number of carbonyl (C=O) groups is 2. The number of ether oxygens (including phenoxy) is 1. The molecule has 0 saturated carbocycles. The van der Waals surface area contributed by atoms with Crippen molar-refractivity contribution < 1.29 is 19.4 Å². The molecule has 92 valence electrons. The molecule has 0 aliphatic carbocycles.